The molecule has 0 heterocycles. The average molecular weight is 413 g/mol. The van der Waals surface area contributed by atoms with E-state index in [0.29, 0.717) is 10.6 Å². The first kappa shape index (κ1) is 23.8. The van der Waals surface area contributed by atoms with Gasteiger partial charge in [0.05, 0.1) is 19.6 Å². The Kier molecular flexibility index (Phi) is 8.75. The average Bonchev–Trinajstić information content (AvgIpc) is 2.57. The van der Waals surface area contributed by atoms with Crippen LogP contribution >= 0.6 is 11.6 Å². The number of hydrogen-bond donors (Lipinski definition) is 2. The van der Waals surface area contributed by atoms with Crippen LogP contribution in [0.3, 0.4) is 0 Å². The number of benzene rings is 1. The number of ether oxygens (including phenoxy) is 2. The van der Waals surface area contributed by atoms with Crippen LogP contribution in [-0.4, -0.2) is 36.7 Å². The number of hydrogen-bond acceptors (Lipinski definition) is 5. The number of halogens is 1. The number of carbonyl (C=O) groups excluding carboxylic acids is 3. The minimum Gasteiger partial charge on any atom is -0.469 e. The third kappa shape index (κ3) is 8.17. The van der Waals surface area contributed by atoms with Gasteiger partial charge >= 0.3 is 12.1 Å². The number of alkyl carbamates (subject to hydrolysis) is 1. The van der Waals surface area contributed by atoms with Crippen molar-refractivity contribution in [1.82, 2.24) is 10.6 Å². The van der Waals surface area contributed by atoms with Crippen molar-refractivity contribution in [1.29, 1.82) is 0 Å². The largest absolute Gasteiger partial charge is 0.469 e. The summed E-state index contributed by atoms with van der Waals surface area (Å²) in [6.07, 6.45) is -0.737. The summed E-state index contributed by atoms with van der Waals surface area (Å²) >= 11 is 5.92. The van der Waals surface area contributed by atoms with Gasteiger partial charge in [-0.25, -0.2) is 4.79 Å². The predicted molar refractivity (Wildman–Crippen MR) is 107 cm³/mol. The Morgan fingerprint density at radius 2 is 1.64 bits per heavy atom. The van der Waals surface area contributed by atoms with E-state index in [9.17, 15) is 14.4 Å². The number of amides is 2. The van der Waals surface area contributed by atoms with Crippen LogP contribution < -0.4 is 10.6 Å². The van der Waals surface area contributed by atoms with E-state index in [1.54, 1.807) is 58.9 Å². The van der Waals surface area contributed by atoms with Gasteiger partial charge in [-0.2, -0.15) is 0 Å². The highest BCUT2D eigenvalue weighted by Crippen LogP contribution is 2.21. The molecule has 0 saturated carbocycles. The maximum Gasteiger partial charge on any atom is 0.408 e. The smallest absolute Gasteiger partial charge is 0.408 e. The van der Waals surface area contributed by atoms with Gasteiger partial charge in [0, 0.05) is 5.02 Å². The van der Waals surface area contributed by atoms with Gasteiger partial charge in [-0.1, -0.05) is 37.6 Å². The van der Waals surface area contributed by atoms with E-state index in [-0.39, 0.29) is 12.3 Å². The Morgan fingerprint density at radius 3 is 2.11 bits per heavy atom. The fraction of sp³-hybridized carbons (Fsp3) is 0.550. The molecule has 2 amide bonds. The fourth-order valence-electron chi connectivity index (χ4n) is 2.43. The van der Waals surface area contributed by atoms with E-state index in [2.05, 4.69) is 10.6 Å². The van der Waals surface area contributed by atoms with Crippen molar-refractivity contribution in [3.8, 4) is 0 Å². The van der Waals surface area contributed by atoms with E-state index < -0.39 is 35.7 Å². The Balaban J connectivity index is 2.96. The molecule has 0 aliphatic heterocycles. The van der Waals surface area contributed by atoms with E-state index in [1.165, 1.54) is 7.11 Å². The number of esters is 1. The van der Waals surface area contributed by atoms with Gasteiger partial charge in [-0.3, -0.25) is 9.59 Å². The second kappa shape index (κ2) is 10.3. The molecule has 0 aliphatic carbocycles. The maximum atomic E-state index is 12.8. The van der Waals surface area contributed by atoms with Gasteiger partial charge in [0.15, 0.2) is 0 Å². The molecule has 0 spiro atoms. The van der Waals surface area contributed by atoms with Crippen LogP contribution in [0.25, 0.3) is 0 Å². The van der Waals surface area contributed by atoms with Crippen LogP contribution in [0, 0.1) is 5.92 Å². The van der Waals surface area contributed by atoms with E-state index in [0.717, 1.165) is 0 Å². The van der Waals surface area contributed by atoms with Crippen molar-refractivity contribution in [2.45, 2.75) is 58.7 Å². The molecule has 8 heteroatoms. The topological polar surface area (TPSA) is 93.7 Å². The van der Waals surface area contributed by atoms with Crippen LogP contribution in [0.1, 0.15) is 52.6 Å². The third-order valence-corrected chi connectivity index (χ3v) is 4.06. The molecular formula is C20H29ClN2O5. The first-order valence-electron chi connectivity index (χ1n) is 9.05. The quantitative estimate of drug-likeness (QED) is 0.667. The standard InChI is InChI=1S/C20H29ClN2O5/c1-12(2)17(23-19(26)28-20(3,4)5)18(25)22-15(11-16(24)27-6)13-7-9-14(21)10-8-13/h7-10,12,15,17H,11H2,1-6H3,(H,22,25)(H,23,26)/t15?,17-/m0/s1. The highest BCUT2D eigenvalue weighted by Gasteiger charge is 2.29. The molecule has 1 unspecified atom stereocenters. The van der Waals surface area contributed by atoms with Crippen molar-refractivity contribution < 1.29 is 23.9 Å². The van der Waals surface area contributed by atoms with Crippen LogP contribution in [0.15, 0.2) is 24.3 Å². The Bertz CT molecular complexity index is 683. The second-order valence-corrected chi connectivity index (χ2v) is 8.20. The van der Waals surface area contributed by atoms with Crippen molar-refractivity contribution in [2.24, 2.45) is 5.92 Å². The normalized spacial score (nSPS) is 13.4. The summed E-state index contributed by atoms with van der Waals surface area (Å²) in [5.74, 6) is -1.09. The minimum atomic E-state index is -0.831. The maximum absolute atomic E-state index is 12.8. The molecule has 0 saturated heterocycles. The molecule has 28 heavy (non-hydrogen) atoms. The third-order valence-electron chi connectivity index (χ3n) is 3.81. The summed E-state index contributed by atoms with van der Waals surface area (Å²) in [6.45, 7) is 8.83. The molecule has 0 aliphatic rings. The molecule has 156 valence electrons. The van der Waals surface area contributed by atoms with Gasteiger partial charge in [0.25, 0.3) is 0 Å². The lowest BCUT2D eigenvalue weighted by atomic mass is 10.00. The Labute approximate surface area is 171 Å². The summed E-state index contributed by atoms with van der Waals surface area (Å²) < 4.78 is 9.96. The number of rotatable bonds is 7. The minimum absolute atomic E-state index is 0.0544. The van der Waals surface area contributed by atoms with Crippen LogP contribution in [-0.2, 0) is 19.1 Å². The van der Waals surface area contributed by atoms with Gasteiger partial charge in [-0.05, 0) is 44.4 Å². The lowest BCUT2D eigenvalue weighted by molar-refractivity contribution is -0.141. The number of carbonyl (C=O) groups is 3. The molecule has 2 atom stereocenters. The molecule has 7 nitrogen and oxygen atoms in total. The fourth-order valence-corrected chi connectivity index (χ4v) is 2.55. The summed E-state index contributed by atoms with van der Waals surface area (Å²) in [7, 11) is 1.28. The molecule has 0 fully saturated rings. The molecule has 0 radical (unpaired) electrons. The number of nitrogens with one attached hydrogen (secondary N) is 2. The molecule has 0 bridgehead atoms. The van der Waals surface area contributed by atoms with Gasteiger partial charge in [-0.15, -0.1) is 0 Å². The van der Waals surface area contributed by atoms with Crippen molar-refractivity contribution in [2.75, 3.05) is 7.11 Å². The molecular weight excluding hydrogens is 384 g/mol. The van der Waals surface area contributed by atoms with Crippen LogP contribution in [0.4, 0.5) is 4.79 Å². The predicted octanol–water partition coefficient (Wildman–Crippen LogP) is 3.61. The Hall–Kier alpha value is -2.28. The van der Waals surface area contributed by atoms with Crippen LogP contribution in [0.5, 0.6) is 0 Å². The summed E-state index contributed by atoms with van der Waals surface area (Å²) in [6, 6.07) is 5.34. The van der Waals surface area contributed by atoms with E-state index >= 15 is 0 Å². The summed E-state index contributed by atoms with van der Waals surface area (Å²) in [5, 5.41) is 5.95. The monoisotopic (exact) mass is 412 g/mol. The number of methoxy groups -OCH3 is 1. The molecule has 1 aromatic rings. The zero-order valence-corrected chi connectivity index (χ0v) is 17.9. The molecule has 1 aromatic carbocycles. The first-order chi connectivity index (χ1) is 12.9. The Morgan fingerprint density at radius 1 is 1.07 bits per heavy atom. The molecule has 1 rings (SSSR count). The molecule has 2 N–H and O–H groups in total. The zero-order chi connectivity index (χ0) is 21.5. The lowest BCUT2D eigenvalue weighted by Gasteiger charge is -2.27. The van der Waals surface area contributed by atoms with Gasteiger partial charge in [0.1, 0.15) is 11.6 Å². The SMILES string of the molecule is COC(=O)CC(NC(=O)[C@@H](NC(=O)OC(C)(C)C)C(C)C)c1ccc(Cl)cc1. The van der Waals surface area contributed by atoms with Crippen LogP contribution in [0.2, 0.25) is 5.02 Å². The summed E-state index contributed by atoms with van der Waals surface area (Å²) in [5.41, 5.74) is 0.0154. The zero-order valence-electron chi connectivity index (χ0n) is 17.2. The van der Waals surface area contributed by atoms with Gasteiger partial charge in [0.2, 0.25) is 5.91 Å². The van der Waals surface area contributed by atoms with Gasteiger partial charge < -0.3 is 20.1 Å². The van der Waals surface area contributed by atoms with E-state index in [4.69, 9.17) is 21.1 Å². The highest BCUT2D eigenvalue weighted by atomic mass is 35.5. The highest BCUT2D eigenvalue weighted by molar-refractivity contribution is 6.30. The lowest BCUT2D eigenvalue weighted by Crippen LogP contribution is -2.51. The van der Waals surface area contributed by atoms with Crippen molar-refractivity contribution in [3.63, 3.8) is 0 Å². The summed E-state index contributed by atoms with van der Waals surface area (Å²) in [4.78, 5) is 36.7. The van der Waals surface area contributed by atoms with E-state index in [1.807, 2.05) is 0 Å². The second-order valence-electron chi connectivity index (χ2n) is 7.76. The first-order valence-corrected chi connectivity index (χ1v) is 9.43. The molecule has 0 aromatic heterocycles. The van der Waals surface area contributed by atoms with Crippen molar-refractivity contribution >= 4 is 29.6 Å². The van der Waals surface area contributed by atoms with Crippen molar-refractivity contribution in [3.05, 3.63) is 34.9 Å².